The van der Waals surface area contributed by atoms with Crippen LogP contribution in [0.1, 0.15) is 0 Å². The quantitative estimate of drug-likeness (QED) is 0.327. The van der Waals surface area contributed by atoms with Crippen LogP contribution in [0.15, 0.2) is 0 Å². The smallest absolute Gasteiger partial charge is 0.894 e. The van der Waals surface area contributed by atoms with Crippen molar-refractivity contribution >= 4 is 49.5 Å². The molecule has 0 radical (unpaired) electrons. The Hall–Kier alpha value is 1.32. The first-order chi connectivity index (χ1) is 2.00. The molecular formula is H2AlMgO5Si+. The second-order valence-electron chi connectivity index (χ2n) is 0.500. The van der Waals surface area contributed by atoms with Gasteiger partial charge in [-0.3, -0.25) is 0 Å². The molecule has 0 aliphatic heterocycles. The van der Waals surface area contributed by atoms with Gasteiger partial charge in [-0.2, -0.15) is 0 Å². The molecule has 0 saturated heterocycles. The van der Waals surface area contributed by atoms with Crippen LogP contribution in [0.3, 0.4) is 0 Å². The maximum absolute atomic E-state index is 8.58. The molecule has 5 nitrogen and oxygen atoms in total. The van der Waals surface area contributed by atoms with Gasteiger partial charge in [0.15, 0.2) is 0 Å². The molecule has 0 heterocycles. The Morgan fingerprint density at radius 2 is 0.875 bits per heavy atom. The third-order valence-corrected chi connectivity index (χ3v) is 0. The van der Waals surface area contributed by atoms with E-state index in [-0.39, 0.29) is 45.9 Å². The van der Waals surface area contributed by atoms with E-state index in [1.807, 2.05) is 0 Å². The monoisotopic (exact) mass is 161 g/mol. The van der Waals surface area contributed by atoms with E-state index in [9.17, 15) is 0 Å². The molecule has 0 amide bonds. The second-order valence-corrected chi connectivity index (χ2v) is 1.50. The van der Waals surface area contributed by atoms with Crippen molar-refractivity contribution in [2.45, 2.75) is 0 Å². The van der Waals surface area contributed by atoms with Crippen molar-refractivity contribution in [3.05, 3.63) is 0 Å². The Morgan fingerprint density at radius 3 is 0.875 bits per heavy atom. The van der Waals surface area contributed by atoms with Gasteiger partial charge in [0.2, 0.25) is 0 Å². The summed E-state index contributed by atoms with van der Waals surface area (Å²) in [6.45, 7) is 0. The van der Waals surface area contributed by atoms with E-state index in [0.717, 1.165) is 0 Å². The number of rotatable bonds is 0. The van der Waals surface area contributed by atoms with Gasteiger partial charge in [-0.15, -0.1) is 0 Å². The van der Waals surface area contributed by atoms with Gasteiger partial charge in [-0.25, -0.2) is 0 Å². The van der Waals surface area contributed by atoms with E-state index in [4.69, 9.17) is 19.2 Å². The average molecular weight is 161 g/mol. The van der Waals surface area contributed by atoms with Gasteiger partial charge in [0, 0.05) is 0 Å². The minimum absolute atomic E-state index is 0. The van der Waals surface area contributed by atoms with E-state index >= 15 is 0 Å². The van der Waals surface area contributed by atoms with E-state index in [0.29, 0.717) is 0 Å². The normalized spacial score (nSPS) is 7.50. The van der Waals surface area contributed by atoms with E-state index in [2.05, 4.69) is 0 Å². The zero-order chi connectivity index (χ0) is 4.50. The minimum Gasteiger partial charge on any atom is -0.894 e. The standard InChI is InChI=1S/Al.Mg.O4Si.H2O/c;;1-5(2,3)4;/h;;;1H2/q+3;+2;-4;. The summed E-state index contributed by atoms with van der Waals surface area (Å²) in [7, 11) is -5.61. The van der Waals surface area contributed by atoms with Crippen LogP contribution in [0.25, 0.3) is 0 Å². The Labute approximate surface area is 74.0 Å². The maximum atomic E-state index is 8.58. The molecule has 8 heteroatoms. The first-order valence-corrected chi connectivity index (χ1v) is 2.45. The molecular weight excluding hydrogens is 159 g/mol. The topological polar surface area (TPSA) is 124 Å². The first kappa shape index (κ1) is 22.8. The largest absolute Gasteiger partial charge is 3.00 e. The average Bonchev–Trinajstić information content (AvgIpc) is 0.722. The van der Waals surface area contributed by atoms with Crippen LogP contribution >= 0.6 is 0 Å². The summed E-state index contributed by atoms with van der Waals surface area (Å²) in [4.78, 5) is 34.3. The van der Waals surface area contributed by atoms with Crippen molar-refractivity contribution in [1.29, 1.82) is 0 Å². The second kappa shape index (κ2) is 8.32. The van der Waals surface area contributed by atoms with Crippen molar-refractivity contribution in [3.63, 3.8) is 0 Å². The van der Waals surface area contributed by atoms with Crippen LogP contribution < -0.4 is 19.2 Å². The number of hydrogen-bond acceptors (Lipinski definition) is 4. The third kappa shape index (κ3) is 169. The molecule has 2 N–H and O–H groups in total. The molecule has 0 saturated carbocycles. The summed E-state index contributed by atoms with van der Waals surface area (Å²) in [5, 5.41) is 0. The molecule has 0 spiro atoms. The fourth-order valence-corrected chi connectivity index (χ4v) is 0. The Kier molecular flexibility index (Phi) is 23.7. The van der Waals surface area contributed by atoms with Crippen molar-refractivity contribution in [2.75, 3.05) is 0 Å². The SMILES string of the molecule is O.[Al+3].[Mg+2].[O-][Si]([O-])([O-])[O-]. The summed E-state index contributed by atoms with van der Waals surface area (Å²) in [6, 6.07) is 0. The third-order valence-electron chi connectivity index (χ3n) is 0. The van der Waals surface area contributed by atoms with Crippen LogP contribution in [0.5, 0.6) is 0 Å². The van der Waals surface area contributed by atoms with Gasteiger partial charge < -0.3 is 33.7 Å². The Morgan fingerprint density at radius 1 is 0.875 bits per heavy atom. The van der Waals surface area contributed by atoms with Crippen LogP contribution in [-0.2, 0) is 0 Å². The Balaban J connectivity index is -0.0000000267. The minimum atomic E-state index is -5.61. The van der Waals surface area contributed by atoms with Crippen LogP contribution in [0, 0.1) is 0 Å². The molecule has 8 heavy (non-hydrogen) atoms. The zero-order valence-corrected chi connectivity index (χ0v) is 7.49. The van der Waals surface area contributed by atoms with Crippen LogP contribution in [-0.4, -0.2) is 54.9 Å². The fraction of sp³-hybridized carbons (Fsp3) is 0. The molecule has 0 aliphatic carbocycles. The van der Waals surface area contributed by atoms with Crippen molar-refractivity contribution in [3.8, 4) is 0 Å². The first-order valence-electron chi connectivity index (χ1n) is 0.816. The molecule has 40 valence electrons. The molecule has 0 unspecified atom stereocenters. The van der Waals surface area contributed by atoms with Gasteiger partial charge in [-0.1, -0.05) is 0 Å². The van der Waals surface area contributed by atoms with Gasteiger partial charge in [0.05, 0.1) is 0 Å². The molecule has 0 aromatic heterocycles. The maximum Gasteiger partial charge on any atom is 3.00 e. The Bertz CT molecular complexity index is 27.9. The van der Waals surface area contributed by atoms with E-state index in [1.165, 1.54) is 0 Å². The molecule has 0 rings (SSSR count). The van der Waals surface area contributed by atoms with Gasteiger partial charge in [0.1, 0.15) is 0 Å². The van der Waals surface area contributed by atoms with Gasteiger partial charge in [-0.05, 0) is 0 Å². The van der Waals surface area contributed by atoms with Crippen molar-refractivity contribution < 1.29 is 24.7 Å². The van der Waals surface area contributed by atoms with Crippen molar-refractivity contribution in [2.24, 2.45) is 0 Å². The van der Waals surface area contributed by atoms with Crippen LogP contribution in [0.4, 0.5) is 0 Å². The molecule has 0 aromatic rings. The van der Waals surface area contributed by atoms with Gasteiger partial charge in [0.25, 0.3) is 0 Å². The summed E-state index contributed by atoms with van der Waals surface area (Å²) in [5.41, 5.74) is 0. The predicted molar refractivity (Wildman–Crippen MR) is 20.9 cm³/mol. The van der Waals surface area contributed by atoms with Gasteiger partial charge >= 0.3 is 40.4 Å². The fourth-order valence-electron chi connectivity index (χ4n) is 0. The molecule has 0 atom stereocenters. The molecule has 0 bridgehead atoms. The molecule has 0 fully saturated rings. The van der Waals surface area contributed by atoms with Crippen LogP contribution in [0.2, 0.25) is 0 Å². The zero-order valence-electron chi connectivity index (χ0n) is 3.92. The van der Waals surface area contributed by atoms with Crippen molar-refractivity contribution in [1.82, 2.24) is 0 Å². The summed E-state index contributed by atoms with van der Waals surface area (Å²) >= 11 is 0. The van der Waals surface area contributed by atoms with E-state index in [1.54, 1.807) is 0 Å². The summed E-state index contributed by atoms with van der Waals surface area (Å²) < 4.78 is 0. The molecule has 0 aromatic carbocycles. The summed E-state index contributed by atoms with van der Waals surface area (Å²) in [5.74, 6) is 0. The summed E-state index contributed by atoms with van der Waals surface area (Å²) in [6.07, 6.45) is 0. The predicted octanol–water partition coefficient (Wildman–Crippen LogP) is -6.72. The van der Waals surface area contributed by atoms with E-state index < -0.39 is 9.05 Å². The number of hydrogen-bond donors (Lipinski definition) is 0. The molecule has 0 aliphatic rings.